The van der Waals surface area contributed by atoms with Crippen LogP contribution in [-0.2, 0) is 16.9 Å². The Balaban J connectivity index is 1.56. The van der Waals surface area contributed by atoms with Gasteiger partial charge in [0, 0.05) is 5.56 Å². The summed E-state index contributed by atoms with van der Waals surface area (Å²) in [4.78, 5) is 30.5. The fourth-order valence-electron chi connectivity index (χ4n) is 3.11. The number of carbonyl (C=O) groups excluding carboxylic acids is 2. The van der Waals surface area contributed by atoms with Gasteiger partial charge < -0.3 is 9.84 Å². The van der Waals surface area contributed by atoms with Crippen LogP contribution >= 0.6 is 0 Å². The van der Waals surface area contributed by atoms with Gasteiger partial charge in [0.25, 0.3) is 5.91 Å². The minimum atomic E-state index is -1.17. The fraction of sp³-hybridized carbons (Fsp3) is 0.200. The van der Waals surface area contributed by atoms with Crippen LogP contribution in [0.2, 0.25) is 0 Å². The molecule has 0 spiro atoms. The molecule has 142 valence electrons. The smallest absolute Gasteiger partial charge is 0.325 e. The van der Waals surface area contributed by atoms with E-state index in [0.29, 0.717) is 16.7 Å². The first-order chi connectivity index (χ1) is 13.4. The Morgan fingerprint density at radius 1 is 1.18 bits per heavy atom. The van der Waals surface area contributed by atoms with E-state index in [-0.39, 0.29) is 24.1 Å². The van der Waals surface area contributed by atoms with E-state index in [9.17, 15) is 14.0 Å². The largest absolute Gasteiger partial charge is 0.337 e. The Kier molecular flexibility index (Phi) is 4.18. The quantitative estimate of drug-likeness (QED) is 0.703. The van der Waals surface area contributed by atoms with Crippen molar-refractivity contribution < 1.29 is 18.5 Å². The number of nitrogens with zero attached hydrogens (tertiary/aromatic N) is 3. The molecule has 1 N–H and O–H groups in total. The van der Waals surface area contributed by atoms with Gasteiger partial charge in [0.1, 0.15) is 17.9 Å². The summed E-state index contributed by atoms with van der Waals surface area (Å²) < 4.78 is 18.9. The number of carbonyl (C=O) groups is 2. The molecule has 0 saturated carbocycles. The second-order valence-corrected chi connectivity index (χ2v) is 6.79. The van der Waals surface area contributed by atoms with Crippen molar-refractivity contribution in [3.05, 3.63) is 71.4 Å². The van der Waals surface area contributed by atoms with Crippen LogP contribution in [0.3, 0.4) is 0 Å². The topological polar surface area (TPSA) is 88.3 Å². The van der Waals surface area contributed by atoms with E-state index >= 15 is 0 Å². The average molecular weight is 380 g/mol. The number of benzene rings is 2. The molecule has 1 unspecified atom stereocenters. The molecule has 3 aromatic rings. The number of aromatic nitrogens is 2. The zero-order valence-corrected chi connectivity index (χ0v) is 15.3. The molecule has 1 aliphatic rings. The highest BCUT2D eigenvalue weighted by Crippen LogP contribution is 2.29. The Morgan fingerprint density at radius 2 is 1.93 bits per heavy atom. The third-order valence-corrected chi connectivity index (χ3v) is 4.82. The first kappa shape index (κ1) is 17.8. The van der Waals surface area contributed by atoms with Gasteiger partial charge in [0.05, 0.1) is 0 Å². The van der Waals surface area contributed by atoms with Gasteiger partial charge in [0.15, 0.2) is 0 Å². The Morgan fingerprint density at radius 3 is 2.64 bits per heavy atom. The minimum absolute atomic E-state index is 0.0804. The summed E-state index contributed by atoms with van der Waals surface area (Å²) in [6.45, 7) is 3.13. The summed E-state index contributed by atoms with van der Waals surface area (Å²) in [6, 6.07) is 13.0. The number of hydrogen-bond donors (Lipinski definition) is 1. The third kappa shape index (κ3) is 2.92. The molecule has 3 amide bonds. The third-order valence-electron chi connectivity index (χ3n) is 4.82. The zero-order chi connectivity index (χ0) is 19.9. The highest BCUT2D eigenvalue weighted by molar-refractivity contribution is 6.07. The molecule has 1 aliphatic heterocycles. The van der Waals surface area contributed by atoms with E-state index < -0.39 is 17.5 Å². The van der Waals surface area contributed by atoms with Crippen LogP contribution in [-0.4, -0.2) is 27.0 Å². The van der Waals surface area contributed by atoms with E-state index in [1.54, 1.807) is 50.2 Å². The summed E-state index contributed by atoms with van der Waals surface area (Å²) >= 11 is 0. The van der Waals surface area contributed by atoms with Gasteiger partial charge in [-0.05, 0) is 31.0 Å². The fourth-order valence-corrected chi connectivity index (χ4v) is 3.11. The number of amides is 3. The van der Waals surface area contributed by atoms with Gasteiger partial charge in [-0.1, -0.05) is 47.6 Å². The molecule has 0 bridgehead atoms. The lowest BCUT2D eigenvalue weighted by molar-refractivity contribution is -0.131. The van der Waals surface area contributed by atoms with E-state index in [0.717, 1.165) is 4.90 Å². The normalized spacial score (nSPS) is 19.2. The molecule has 8 heteroatoms. The molecule has 7 nitrogen and oxygen atoms in total. The van der Waals surface area contributed by atoms with Gasteiger partial charge >= 0.3 is 6.03 Å². The molecule has 0 aliphatic carbocycles. The number of hydrogen-bond acceptors (Lipinski definition) is 5. The second kappa shape index (κ2) is 6.56. The lowest BCUT2D eigenvalue weighted by Gasteiger charge is -2.21. The molecular formula is C20H17FN4O3. The van der Waals surface area contributed by atoms with Crippen molar-refractivity contribution in [2.24, 2.45) is 0 Å². The first-order valence-electron chi connectivity index (χ1n) is 8.67. The molecule has 28 heavy (non-hydrogen) atoms. The van der Waals surface area contributed by atoms with Crippen molar-refractivity contribution in [1.29, 1.82) is 0 Å². The van der Waals surface area contributed by atoms with E-state index in [1.807, 2.05) is 6.07 Å². The SMILES string of the molecule is Cc1ccc(-c2noc(CN3C(=O)NC(C)(c4ccccc4)C3=O)n2)cc1F. The highest BCUT2D eigenvalue weighted by atomic mass is 19.1. The highest BCUT2D eigenvalue weighted by Gasteiger charge is 2.49. The number of halogens is 1. The minimum Gasteiger partial charge on any atom is -0.337 e. The summed E-state index contributed by atoms with van der Waals surface area (Å²) in [5.41, 5.74) is 0.468. The molecule has 0 radical (unpaired) electrons. The van der Waals surface area contributed by atoms with Crippen molar-refractivity contribution >= 4 is 11.9 Å². The van der Waals surface area contributed by atoms with Gasteiger partial charge in [0.2, 0.25) is 11.7 Å². The van der Waals surface area contributed by atoms with Gasteiger partial charge in [-0.2, -0.15) is 4.98 Å². The number of imide groups is 1. The maximum absolute atomic E-state index is 13.8. The van der Waals surface area contributed by atoms with E-state index in [1.165, 1.54) is 6.07 Å². The predicted octanol–water partition coefficient (Wildman–Crippen LogP) is 3.15. The van der Waals surface area contributed by atoms with Crippen LogP contribution in [0, 0.1) is 12.7 Å². The molecule has 1 atom stereocenters. The number of rotatable bonds is 4. The van der Waals surface area contributed by atoms with E-state index in [2.05, 4.69) is 15.5 Å². The molecule has 2 heterocycles. The van der Waals surface area contributed by atoms with E-state index in [4.69, 9.17) is 4.52 Å². The Bertz CT molecular complexity index is 1070. The standard InChI is InChI=1S/C20H17FN4O3/c1-12-8-9-13(10-15(12)21)17-22-16(28-24-17)11-25-18(26)20(2,23-19(25)27)14-6-4-3-5-7-14/h3-10H,11H2,1-2H3,(H,23,27). The molecule has 4 rings (SSSR count). The van der Waals surface area contributed by atoms with Crippen LogP contribution < -0.4 is 5.32 Å². The van der Waals surface area contributed by atoms with Gasteiger partial charge in [-0.3, -0.25) is 9.69 Å². The van der Waals surface area contributed by atoms with Crippen molar-refractivity contribution in [2.75, 3.05) is 0 Å². The van der Waals surface area contributed by atoms with Crippen LogP contribution in [0.4, 0.5) is 9.18 Å². The molecule has 1 saturated heterocycles. The maximum atomic E-state index is 13.8. The average Bonchev–Trinajstić information content (AvgIpc) is 3.24. The second-order valence-electron chi connectivity index (χ2n) is 6.79. The maximum Gasteiger partial charge on any atom is 0.325 e. The lowest BCUT2D eigenvalue weighted by atomic mass is 9.92. The summed E-state index contributed by atoms with van der Waals surface area (Å²) in [6.07, 6.45) is 0. The van der Waals surface area contributed by atoms with Gasteiger partial charge in [-0.15, -0.1) is 0 Å². The van der Waals surface area contributed by atoms with Crippen molar-refractivity contribution in [3.8, 4) is 11.4 Å². The molecule has 1 fully saturated rings. The monoisotopic (exact) mass is 380 g/mol. The summed E-state index contributed by atoms with van der Waals surface area (Å²) in [7, 11) is 0. The molecular weight excluding hydrogens is 363 g/mol. The summed E-state index contributed by atoms with van der Waals surface area (Å²) in [5, 5.41) is 6.54. The lowest BCUT2D eigenvalue weighted by Crippen LogP contribution is -2.40. The van der Waals surface area contributed by atoms with Crippen molar-refractivity contribution in [2.45, 2.75) is 25.9 Å². The molecule has 2 aromatic carbocycles. The Hall–Kier alpha value is -3.55. The number of aryl methyl sites for hydroxylation is 1. The number of nitrogens with one attached hydrogen (secondary N) is 1. The van der Waals surface area contributed by atoms with Gasteiger partial charge in [-0.25, -0.2) is 9.18 Å². The predicted molar refractivity (Wildman–Crippen MR) is 97.3 cm³/mol. The van der Waals surface area contributed by atoms with Crippen LogP contribution in [0.25, 0.3) is 11.4 Å². The zero-order valence-electron chi connectivity index (χ0n) is 15.3. The first-order valence-corrected chi connectivity index (χ1v) is 8.67. The number of urea groups is 1. The van der Waals surface area contributed by atoms with Crippen molar-refractivity contribution in [3.63, 3.8) is 0 Å². The molecule has 1 aromatic heterocycles. The summed E-state index contributed by atoms with van der Waals surface area (Å²) in [5.74, 6) is -0.523. The van der Waals surface area contributed by atoms with Crippen LogP contribution in [0.5, 0.6) is 0 Å². The Labute approximate surface area is 160 Å². The van der Waals surface area contributed by atoms with Crippen LogP contribution in [0.1, 0.15) is 23.9 Å². The van der Waals surface area contributed by atoms with Crippen LogP contribution in [0.15, 0.2) is 53.1 Å². The van der Waals surface area contributed by atoms with Crippen molar-refractivity contribution in [1.82, 2.24) is 20.4 Å².